The first-order chi connectivity index (χ1) is 12.8. The van der Waals surface area contributed by atoms with Crippen LogP contribution in [-0.2, 0) is 9.84 Å². The lowest BCUT2D eigenvalue weighted by molar-refractivity contribution is 0.519. The van der Waals surface area contributed by atoms with Gasteiger partial charge < -0.3 is 0 Å². The number of hydrogen-bond acceptors (Lipinski definition) is 5. The molecule has 0 N–H and O–H groups in total. The molecular weight excluding hydrogens is 404 g/mol. The third-order valence-corrected chi connectivity index (χ3v) is 7.21. The van der Waals surface area contributed by atoms with Gasteiger partial charge in [0, 0.05) is 16.8 Å². The monoisotopic (exact) mass is 422 g/mol. The third kappa shape index (κ3) is 4.36. The molecule has 0 unspecified atom stereocenters. The lowest BCUT2D eigenvalue weighted by Gasteiger charge is -2.16. The predicted molar refractivity (Wildman–Crippen MR) is 111 cm³/mol. The first-order valence-electron chi connectivity index (χ1n) is 8.42. The molecule has 0 amide bonds. The highest BCUT2D eigenvalue weighted by molar-refractivity contribution is 8.00. The Kier molecular flexibility index (Phi) is 5.93. The summed E-state index contributed by atoms with van der Waals surface area (Å²) in [6.45, 7) is 3.80. The van der Waals surface area contributed by atoms with Gasteiger partial charge in [0.15, 0.2) is 15.0 Å². The minimum atomic E-state index is -3.38. The Labute approximate surface area is 167 Å². The van der Waals surface area contributed by atoms with Crippen molar-refractivity contribution in [2.45, 2.75) is 29.9 Å². The van der Waals surface area contributed by atoms with Crippen LogP contribution in [0, 0.1) is 0 Å². The number of hydrogen-bond donors (Lipinski definition) is 0. The SMILES string of the molecule is CC(C)n1c(SCCS(=O)(=O)c2ccccc2)nc2cc(Cl)ccc2c1=O. The summed E-state index contributed by atoms with van der Waals surface area (Å²) in [6.07, 6.45) is 0. The fourth-order valence-electron chi connectivity index (χ4n) is 2.70. The van der Waals surface area contributed by atoms with Crippen molar-refractivity contribution in [2.24, 2.45) is 0 Å². The number of rotatable bonds is 6. The molecular formula is C19H19ClN2O3S2. The molecule has 0 spiro atoms. The van der Waals surface area contributed by atoms with Crippen LogP contribution in [0.2, 0.25) is 5.02 Å². The van der Waals surface area contributed by atoms with Crippen molar-refractivity contribution in [3.8, 4) is 0 Å². The van der Waals surface area contributed by atoms with E-state index in [1.54, 1.807) is 53.1 Å². The maximum atomic E-state index is 12.8. The van der Waals surface area contributed by atoms with E-state index in [-0.39, 0.29) is 17.4 Å². The molecule has 0 atom stereocenters. The highest BCUT2D eigenvalue weighted by Crippen LogP contribution is 2.23. The fraction of sp³-hybridized carbons (Fsp3) is 0.263. The molecule has 3 aromatic rings. The Balaban J connectivity index is 1.90. The van der Waals surface area contributed by atoms with Gasteiger partial charge in [0.25, 0.3) is 5.56 Å². The number of halogens is 1. The summed E-state index contributed by atoms with van der Waals surface area (Å²) in [5.74, 6) is 0.256. The molecule has 142 valence electrons. The summed E-state index contributed by atoms with van der Waals surface area (Å²) in [5, 5.41) is 1.49. The molecule has 0 bridgehead atoms. The van der Waals surface area contributed by atoms with E-state index in [4.69, 9.17) is 11.6 Å². The molecule has 0 aliphatic rings. The van der Waals surface area contributed by atoms with Gasteiger partial charge in [0.1, 0.15) is 0 Å². The van der Waals surface area contributed by atoms with E-state index in [9.17, 15) is 13.2 Å². The zero-order chi connectivity index (χ0) is 19.6. The van der Waals surface area contributed by atoms with Gasteiger partial charge in [-0.1, -0.05) is 41.6 Å². The number of thioether (sulfide) groups is 1. The Morgan fingerprint density at radius 3 is 2.52 bits per heavy atom. The molecule has 0 radical (unpaired) electrons. The van der Waals surface area contributed by atoms with E-state index in [1.807, 2.05) is 13.8 Å². The molecule has 0 fully saturated rings. The molecule has 0 saturated heterocycles. The molecule has 0 saturated carbocycles. The first kappa shape index (κ1) is 19.9. The standard InChI is InChI=1S/C19H19ClN2O3S2/c1-13(2)22-18(23)16-9-8-14(20)12-17(16)21-19(22)26-10-11-27(24,25)15-6-4-3-5-7-15/h3-9,12-13H,10-11H2,1-2H3. The van der Waals surface area contributed by atoms with Crippen LogP contribution in [0.5, 0.6) is 0 Å². The van der Waals surface area contributed by atoms with E-state index in [0.29, 0.717) is 31.7 Å². The van der Waals surface area contributed by atoms with Crippen LogP contribution in [-0.4, -0.2) is 29.5 Å². The topological polar surface area (TPSA) is 69.0 Å². The molecule has 0 aliphatic heterocycles. The highest BCUT2D eigenvalue weighted by Gasteiger charge is 2.17. The number of nitrogens with zero attached hydrogens (tertiary/aromatic N) is 2. The van der Waals surface area contributed by atoms with Crippen LogP contribution in [0.15, 0.2) is 63.4 Å². The fourth-order valence-corrected chi connectivity index (χ4v) is 5.66. The third-order valence-electron chi connectivity index (χ3n) is 4.03. The summed E-state index contributed by atoms with van der Waals surface area (Å²) < 4.78 is 26.5. The molecule has 1 heterocycles. The van der Waals surface area contributed by atoms with Gasteiger partial charge in [-0.3, -0.25) is 9.36 Å². The van der Waals surface area contributed by atoms with E-state index in [2.05, 4.69) is 4.98 Å². The maximum Gasteiger partial charge on any atom is 0.262 e. The van der Waals surface area contributed by atoms with Gasteiger partial charge in [0.05, 0.1) is 21.6 Å². The van der Waals surface area contributed by atoms with Crippen molar-refractivity contribution in [1.82, 2.24) is 9.55 Å². The molecule has 3 rings (SSSR count). The van der Waals surface area contributed by atoms with Crippen molar-refractivity contribution in [2.75, 3.05) is 11.5 Å². The predicted octanol–water partition coefficient (Wildman–Crippen LogP) is 4.20. The summed E-state index contributed by atoms with van der Waals surface area (Å²) >= 11 is 7.28. The highest BCUT2D eigenvalue weighted by atomic mass is 35.5. The van der Waals surface area contributed by atoms with Gasteiger partial charge in [-0.25, -0.2) is 13.4 Å². The Hall–Kier alpha value is -1.83. The van der Waals surface area contributed by atoms with Crippen molar-refractivity contribution >= 4 is 44.1 Å². The van der Waals surface area contributed by atoms with Gasteiger partial charge in [-0.15, -0.1) is 0 Å². The zero-order valence-electron chi connectivity index (χ0n) is 14.9. The lowest BCUT2D eigenvalue weighted by atomic mass is 10.2. The quantitative estimate of drug-likeness (QED) is 0.440. The van der Waals surface area contributed by atoms with Gasteiger partial charge >= 0.3 is 0 Å². The minimum absolute atomic E-state index is 0.0385. The average Bonchev–Trinajstić information content (AvgIpc) is 2.61. The van der Waals surface area contributed by atoms with Crippen molar-refractivity contribution in [1.29, 1.82) is 0 Å². The van der Waals surface area contributed by atoms with Crippen molar-refractivity contribution < 1.29 is 8.42 Å². The molecule has 27 heavy (non-hydrogen) atoms. The average molecular weight is 423 g/mol. The van der Waals surface area contributed by atoms with E-state index in [1.165, 1.54) is 11.8 Å². The Morgan fingerprint density at radius 1 is 1.15 bits per heavy atom. The molecule has 2 aromatic carbocycles. The normalized spacial score (nSPS) is 12.0. The number of aromatic nitrogens is 2. The van der Waals surface area contributed by atoms with Crippen LogP contribution >= 0.6 is 23.4 Å². The van der Waals surface area contributed by atoms with Crippen LogP contribution in [0.1, 0.15) is 19.9 Å². The second-order valence-electron chi connectivity index (χ2n) is 6.31. The summed E-state index contributed by atoms with van der Waals surface area (Å²) in [6, 6.07) is 13.2. The number of benzene rings is 2. The van der Waals surface area contributed by atoms with Gasteiger partial charge in [-0.05, 0) is 44.2 Å². The summed E-state index contributed by atoms with van der Waals surface area (Å²) in [5.41, 5.74) is 0.359. The van der Waals surface area contributed by atoms with E-state index >= 15 is 0 Å². The largest absolute Gasteiger partial charge is 0.285 e. The van der Waals surface area contributed by atoms with Crippen LogP contribution < -0.4 is 5.56 Å². The first-order valence-corrected chi connectivity index (χ1v) is 11.4. The smallest absolute Gasteiger partial charge is 0.262 e. The second kappa shape index (κ2) is 8.04. The van der Waals surface area contributed by atoms with Crippen molar-refractivity contribution in [3.05, 3.63) is 63.9 Å². The van der Waals surface area contributed by atoms with Crippen LogP contribution in [0.25, 0.3) is 10.9 Å². The van der Waals surface area contributed by atoms with E-state index < -0.39 is 9.84 Å². The second-order valence-corrected chi connectivity index (χ2v) is 9.91. The summed E-state index contributed by atoms with van der Waals surface area (Å²) in [7, 11) is -3.38. The number of sulfone groups is 1. The molecule has 5 nitrogen and oxygen atoms in total. The molecule has 8 heteroatoms. The Bertz CT molecular complexity index is 1130. The lowest BCUT2D eigenvalue weighted by Crippen LogP contribution is -2.25. The van der Waals surface area contributed by atoms with Crippen molar-refractivity contribution in [3.63, 3.8) is 0 Å². The number of fused-ring (bicyclic) bond motifs is 1. The van der Waals surface area contributed by atoms with Crippen LogP contribution in [0.3, 0.4) is 0 Å². The zero-order valence-corrected chi connectivity index (χ0v) is 17.3. The van der Waals surface area contributed by atoms with E-state index in [0.717, 1.165) is 0 Å². The Morgan fingerprint density at radius 2 is 1.85 bits per heavy atom. The summed E-state index contributed by atoms with van der Waals surface area (Å²) in [4.78, 5) is 17.7. The molecule has 1 aromatic heterocycles. The van der Waals surface area contributed by atoms with Gasteiger partial charge in [-0.2, -0.15) is 0 Å². The minimum Gasteiger partial charge on any atom is -0.285 e. The van der Waals surface area contributed by atoms with Gasteiger partial charge in [0.2, 0.25) is 0 Å². The maximum absolute atomic E-state index is 12.8. The molecule has 0 aliphatic carbocycles. The van der Waals surface area contributed by atoms with Crippen LogP contribution in [0.4, 0.5) is 0 Å².